The first kappa shape index (κ1) is 16.7. The summed E-state index contributed by atoms with van der Waals surface area (Å²) in [6, 6.07) is 13.9. The average molecular weight is 335 g/mol. The topological polar surface area (TPSA) is 19.4 Å². The molecule has 1 aromatic heterocycles. The predicted octanol–water partition coefficient (Wildman–Crippen LogP) is 3.69. The number of aryl methyl sites for hydroxylation is 2. The summed E-state index contributed by atoms with van der Waals surface area (Å²) in [4.78, 5) is 9.85. The number of likely N-dealkylation sites (tertiary alicyclic amines) is 2. The summed E-state index contributed by atoms with van der Waals surface area (Å²) in [6.07, 6.45) is 3.10. The van der Waals surface area contributed by atoms with Crippen LogP contribution in [0.5, 0.6) is 0 Å². The Morgan fingerprint density at radius 2 is 1.92 bits per heavy atom. The zero-order valence-electron chi connectivity index (χ0n) is 15.7. The van der Waals surface area contributed by atoms with Crippen LogP contribution in [0.4, 0.5) is 0 Å². The van der Waals surface area contributed by atoms with Crippen molar-refractivity contribution in [1.82, 2.24) is 14.8 Å². The quantitative estimate of drug-likeness (QED) is 0.849. The molecular formula is C22H29N3. The van der Waals surface area contributed by atoms with Crippen molar-refractivity contribution in [3.05, 3.63) is 65.0 Å². The zero-order valence-corrected chi connectivity index (χ0v) is 15.7. The van der Waals surface area contributed by atoms with E-state index in [1.165, 1.54) is 42.0 Å². The molecule has 2 fully saturated rings. The molecule has 3 nitrogen and oxygen atoms in total. The molecule has 4 rings (SSSR count). The van der Waals surface area contributed by atoms with Gasteiger partial charge in [-0.3, -0.25) is 14.8 Å². The van der Waals surface area contributed by atoms with E-state index in [2.05, 4.69) is 72.1 Å². The molecule has 2 aromatic rings. The van der Waals surface area contributed by atoms with Crippen molar-refractivity contribution in [2.45, 2.75) is 32.9 Å². The monoisotopic (exact) mass is 335 g/mol. The standard InChI is InChI=1S/C22H29N3/c1-4-17-9-10-19(23-11-17)14-25-13-18-12-24(3)22(21(18)15-25)20-8-6-5-7-16(20)2/h5-11,18,21-22H,4,12-15H2,1-3H3/t18-,21+,22-/m0/s1. The number of pyridine rings is 1. The molecule has 2 aliphatic rings. The van der Waals surface area contributed by atoms with E-state index in [4.69, 9.17) is 0 Å². The van der Waals surface area contributed by atoms with Gasteiger partial charge in [-0.2, -0.15) is 0 Å². The fraction of sp³-hybridized carbons (Fsp3) is 0.500. The number of fused-ring (bicyclic) bond motifs is 1. The van der Waals surface area contributed by atoms with Crippen molar-refractivity contribution in [1.29, 1.82) is 0 Å². The fourth-order valence-electron chi connectivity index (χ4n) is 4.85. The Hall–Kier alpha value is -1.71. The minimum absolute atomic E-state index is 0.562. The normalized spacial score (nSPS) is 26.9. The van der Waals surface area contributed by atoms with Crippen molar-refractivity contribution < 1.29 is 0 Å². The lowest BCUT2D eigenvalue weighted by molar-refractivity contribution is 0.223. The predicted molar refractivity (Wildman–Crippen MR) is 102 cm³/mol. The molecule has 0 radical (unpaired) electrons. The molecule has 0 N–H and O–H groups in total. The van der Waals surface area contributed by atoms with Crippen LogP contribution in [-0.4, -0.2) is 41.5 Å². The first-order valence-electron chi connectivity index (χ1n) is 9.57. The second-order valence-corrected chi connectivity index (χ2v) is 7.87. The van der Waals surface area contributed by atoms with Crippen LogP contribution in [0.1, 0.15) is 35.3 Å². The summed E-state index contributed by atoms with van der Waals surface area (Å²) in [5.41, 5.74) is 5.47. The van der Waals surface area contributed by atoms with Crippen molar-refractivity contribution in [2.75, 3.05) is 26.7 Å². The molecule has 2 saturated heterocycles. The number of rotatable bonds is 4. The van der Waals surface area contributed by atoms with Crippen LogP contribution in [0.25, 0.3) is 0 Å². The molecule has 0 amide bonds. The second kappa shape index (κ2) is 6.89. The Kier molecular flexibility index (Phi) is 4.61. The maximum Gasteiger partial charge on any atom is 0.0544 e. The number of hydrogen-bond acceptors (Lipinski definition) is 3. The highest BCUT2D eigenvalue weighted by molar-refractivity contribution is 5.31. The summed E-state index contributed by atoms with van der Waals surface area (Å²) >= 11 is 0. The van der Waals surface area contributed by atoms with Gasteiger partial charge in [-0.15, -0.1) is 0 Å². The molecule has 1 aromatic carbocycles. The van der Waals surface area contributed by atoms with Crippen molar-refractivity contribution in [3.63, 3.8) is 0 Å². The molecule has 0 bridgehead atoms. The molecule has 3 atom stereocenters. The molecule has 0 spiro atoms. The van der Waals surface area contributed by atoms with E-state index in [1.807, 2.05) is 6.20 Å². The minimum atomic E-state index is 0.562. The first-order chi connectivity index (χ1) is 12.2. The van der Waals surface area contributed by atoms with Gasteiger partial charge in [0, 0.05) is 38.4 Å². The fourth-order valence-corrected chi connectivity index (χ4v) is 4.85. The molecule has 132 valence electrons. The van der Waals surface area contributed by atoms with Gasteiger partial charge in [0.1, 0.15) is 0 Å². The second-order valence-electron chi connectivity index (χ2n) is 7.87. The maximum atomic E-state index is 4.66. The summed E-state index contributed by atoms with van der Waals surface area (Å²) in [5, 5.41) is 0. The lowest BCUT2D eigenvalue weighted by Crippen LogP contribution is -2.29. The van der Waals surface area contributed by atoms with Gasteiger partial charge < -0.3 is 0 Å². The highest BCUT2D eigenvalue weighted by Crippen LogP contribution is 2.45. The number of aromatic nitrogens is 1. The minimum Gasteiger partial charge on any atom is -0.299 e. The van der Waals surface area contributed by atoms with Gasteiger partial charge in [0.25, 0.3) is 0 Å². The van der Waals surface area contributed by atoms with E-state index in [9.17, 15) is 0 Å². The SMILES string of the molecule is CCc1ccc(CN2C[C@@H]3CN(C)[C@@H](c4ccccc4C)[C@@H]3C2)nc1. The molecule has 0 unspecified atom stereocenters. The molecule has 0 saturated carbocycles. The number of nitrogens with zero attached hydrogens (tertiary/aromatic N) is 3. The van der Waals surface area contributed by atoms with E-state index < -0.39 is 0 Å². The molecule has 3 heteroatoms. The third kappa shape index (κ3) is 3.23. The first-order valence-corrected chi connectivity index (χ1v) is 9.57. The smallest absolute Gasteiger partial charge is 0.0544 e. The third-order valence-corrected chi connectivity index (χ3v) is 6.16. The third-order valence-electron chi connectivity index (χ3n) is 6.16. The van der Waals surface area contributed by atoms with E-state index in [0.29, 0.717) is 6.04 Å². The largest absolute Gasteiger partial charge is 0.299 e. The van der Waals surface area contributed by atoms with Crippen LogP contribution in [0, 0.1) is 18.8 Å². The summed E-state index contributed by atoms with van der Waals surface area (Å²) < 4.78 is 0. The number of benzene rings is 1. The van der Waals surface area contributed by atoms with Gasteiger partial charge in [0.2, 0.25) is 0 Å². The summed E-state index contributed by atoms with van der Waals surface area (Å²) in [5.74, 6) is 1.52. The zero-order chi connectivity index (χ0) is 17.4. The van der Waals surface area contributed by atoms with E-state index in [1.54, 1.807) is 0 Å². The maximum absolute atomic E-state index is 4.66. The molecule has 25 heavy (non-hydrogen) atoms. The lowest BCUT2D eigenvalue weighted by Gasteiger charge is -2.28. The Bertz CT molecular complexity index is 724. The average Bonchev–Trinajstić information content (AvgIpc) is 3.12. The Morgan fingerprint density at radius 3 is 2.64 bits per heavy atom. The van der Waals surface area contributed by atoms with Crippen LogP contribution in [0.15, 0.2) is 42.6 Å². The van der Waals surface area contributed by atoms with Gasteiger partial charge in [-0.05, 0) is 55.0 Å². The highest BCUT2D eigenvalue weighted by Gasteiger charge is 2.46. The molecular weight excluding hydrogens is 306 g/mol. The van der Waals surface area contributed by atoms with Gasteiger partial charge in [0.15, 0.2) is 0 Å². The van der Waals surface area contributed by atoms with Crippen LogP contribution >= 0.6 is 0 Å². The van der Waals surface area contributed by atoms with Crippen LogP contribution in [0.3, 0.4) is 0 Å². The van der Waals surface area contributed by atoms with Crippen LogP contribution in [-0.2, 0) is 13.0 Å². The van der Waals surface area contributed by atoms with Gasteiger partial charge in [-0.1, -0.05) is 37.3 Å². The highest BCUT2D eigenvalue weighted by atomic mass is 15.2. The molecule has 0 aliphatic carbocycles. The van der Waals surface area contributed by atoms with Crippen LogP contribution in [0.2, 0.25) is 0 Å². The van der Waals surface area contributed by atoms with Gasteiger partial charge in [0.05, 0.1) is 5.69 Å². The number of hydrogen-bond donors (Lipinski definition) is 0. The Labute approximate surface area is 151 Å². The van der Waals surface area contributed by atoms with Gasteiger partial charge >= 0.3 is 0 Å². The van der Waals surface area contributed by atoms with Crippen LogP contribution < -0.4 is 0 Å². The Balaban J connectivity index is 1.48. The molecule has 2 aliphatic heterocycles. The lowest BCUT2D eigenvalue weighted by atomic mass is 9.88. The molecule has 3 heterocycles. The summed E-state index contributed by atoms with van der Waals surface area (Å²) in [6.45, 7) is 9.02. The van der Waals surface area contributed by atoms with E-state index in [0.717, 1.165) is 24.8 Å². The summed E-state index contributed by atoms with van der Waals surface area (Å²) in [7, 11) is 2.30. The van der Waals surface area contributed by atoms with Crippen molar-refractivity contribution >= 4 is 0 Å². The Morgan fingerprint density at radius 1 is 1.08 bits per heavy atom. The van der Waals surface area contributed by atoms with Crippen molar-refractivity contribution in [2.24, 2.45) is 11.8 Å². The van der Waals surface area contributed by atoms with Crippen molar-refractivity contribution in [3.8, 4) is 0 Å². The van der Waals surface area contributed by atoms with Gasteiger partial charge in [-0.25, -0.2) is 0 Å². The van der Waals surface area contributed by atoms with E-state index >= 15 is 0 Å². The van der Waals surface area contributed by atoms with E-state index in [-0.39, 0.29) is 0 Å².